The normalized spacial score (nSPS) is 20.7. The molecule has 2 rings (SSSR count). The highest BCUT2D eigenvalue weighted by Crippen LogP contribution is 2.32. The second kappa shape index (κ2) is 4.45. The van der Waals surface area contributed by atoms with Gasteiger partial charge in [-0.2, -0.15) is 0 Å². The minimum absolute atomic E-state index is 0.138. The predicted molar refractivity (Wildman–Crippen MR) is 55.6 cm³/mol. The van der Waals surface area contributed by atoms with Gasteiger partial charge in [0.15, 0.2) is 0 Å². The summed E-state index contributed by atoms with van der Waals surface area (Å²) < 4.78 is 9.95. The van der Waals surface area contributed by atoms with Crippen LogP contribution in [-0.4, -0.2) is 25.8 Å². The average Bonchev–Trinajstić information content (AvgIpc) is 3.10. The van der Waals surface area contributed by atoms with Crippen molar-refractivity contribution in [2.75, 3.05) is 13.7 Å². The van der Waals surface area contributed by atoms with Crippen molar-refractivity contribution < 1.29 is 14.3 Å². The molecule has 15 heavy (non-hydrogen) atoms. The zero-order valence-electron chi connectivity index (χ0n) is 8.68. The molecular formula is C12H14O3. The number of hydrogen-bond acceptors (Lipinski definition) is 3. The van der Waals surface area contributed by atoms with Crippen molar-refractivity contribution in [3.8, 4) is 0 Å². The SMILES string of the molecule is COC(=O)C[C@@H](c1ccccc1)[C@H]1CO1. The summed E-state index contributed by atoms with van der Waals surface area (Å²) in [6.45, 7) is 0.747. The molecule has 3 heteroatoms. The summed E-state index contributed by atoms with van der Waals surface area (Å²) in [6.07, 6.45) is 0.581. The van der Waals surface area contributed by atoms with Gasteiger partial charge in [-0.25, -0.2) is 0 Å². The molecule has 1 fully saturated rings. The fourth-order valence-corrected chi connectivity index (χ4v) is 1.71. The van der Waals surface area contributed by atoms with Crippen LogP contribution >= 0.6 is 0 Å². The molecule has 0 N–H and O–H groups in total. The van der Waals surface area contributed by atoms with Crippen molar-refractivity contribution in [1.82, 2.24) is 0 Å². The molecule has 1 aliphatic rings. The van der Waals surface area contributed by atoms with E-state index < -0.39 is 0 Å². The van der Waals surface area contributed by atoms with Gasteiger partial charge in [0, 0.05) is 5.92 Å². The van der Waals surface area contributed by atoms with E-state index >= 15 is 0 Å². The maximum absolute atomic E-state index is 11.2. The van der Waals surface area contributed by atoms with Crippen LogP contribution in [0.5, 0.6) is 0 Å². The van der Waals surface area contributed by atoms with Crippen LogP contribution in [0.25, 0.3) is 0 Å². The number of carbonyl (C=O) groups excluding carboxylic acids is 1. The molecule has 2 atom stereocenters. The van der Waals surface area contributed by atoms with Gasteiger partial charge >= 0.3 is 5.97 Å². The second-order valence-corrected chi connectivity index (χ2v) is 3.67. The zero-order chi connectivity index (χ0) is 10.7. The molecule has 0 spiro atoms. The van der Waals surface area contributed by atoms with Crippen LogP contribution in [0.3, 0.4) is 0 Å². The molecule has 80 valence electrons. The van der Waals surface area contributed by atoms with E-state index in [1.165, 1.54) is 7.11 Å². The summed E-state index contributed by atoms with van der Waals surface area (Å²) in [7, 11) is 1.41. The fourth-order valence-electron chi connectivity index (χ4n) is 1.71. The van der Waals surface area contributed by atoms with Crippen LogP contribution in [0.15, 0.2) is 30.3 Å². The predicted octanol–water partition coefficient (Wildman–Crippen LogP) is 1.73. The molecule has 1 aliphatic heterocycles. The van der Waals surface area contributed by atoms with Gasteiger partial charge in [0.2, 0.25) is 0 Å². The first-order valence-corrected chi connectivity index (χ1v) is 5.04. The van der Waals surface area contributed by atoms with Crippen LogP contribution in [0, 0.1) is 0 Å². The lowest BCUT2D eigenvalue weighted by Crippen LogP contribution is -2.13. The maximum atomic E-state index is 11.2. The summed E-state index contributed by atoms with van der Waals surface area (Å²) >= 11 is 0. The van der Waals surface area contributed by atoms with E-state index in [-0.39, 0.29) is 18.0 Å². The van der Waals surface area contributed by atoms with Gasteiger partial charge in [-0.3, -0.25) is 4.79 Å². The molecule has 0 unspecified atom stereocenters. The molecule has 1 aromatic rings. The Morgan fingerprint density at radius 1 is 1.53 bits per heavy atom. The third kappa shape index (κ3) is 2.57. The molecule has 0 bridgehead atoms. The fraction of sp³-hybridized carbons (Fsp3) is 0.417. The van der Waals surface area contributed by atoms with Crippen LogP contribution in [0.2, 0.25) is 0 Å². The second-order valence-electron chi connectivity index (χ2n) is 3.67. The Balaban J connectivity index is 2.10. The number of carbonyl (C=O) groups is 1. The van der Waals surface area contributed by atoms with E-state index in [0.29, 0.717) is 6.42 Å². The Hall–Kier alpha value is -1.35. The Morgan fingerprint density at radius 3 is 2.73 bits per heavy atom. The lowest BCUT2D eigenvalue weighted by Gasteiger charge is -2.13. The zero-order valence-corrected chi connectivity index (χ0v) is 8.68. The van der Waals surface area contributed by atoms with Crippen LogP contribution in [-0.2, 0) is 14.3 Å². The van der Waals surface area contributed by atoms with Crippen LogP contribution in [0.4, 0.5) is 0 Å². The van der Waals surface area contributed by atoms with Gasteiger partial charge in [-0.15, -0.1) is 0 Å². The largest absolute Gasteiger partial charge is 0.469 e. The monoisotopic (exact) mass is 206 g/mol. The Morgan fingerprint density at radius 2 is 2.20 bits per heavy atom. The summed E-state index contributed by atoms with van der Waals surface area (Å²) in [6, 6.07) is 9.96. The number of epoxide rings is 1. The van der Waals surface area contributed by atoms with Crippen molar-refractivity contribution in [3.63, 3.8) is 0 Å². The summed E-state index contributed by atoms with van der Waals surface area (Å²) in [4.78, 5) is 11.2. The van der Waals surface area contributed by atoms with Gasteiger partial charge in [0.1, 0.15) is 0 Å². The summed E-state index contributed by atoms with van der Waals surface area (Å²) in [5.41, 5.74) is 1.14. The van der Waals surface area contributed by atoms with Crippen molar-refractivity contribution >= 4 is 5.97 Å². The third-order valence-corrected chi connectivity index (χ3v) is 2.65. The van der Waals surface area contributed by atoms with E-state index in [1.807, 2.05) is 30.3 Å². The smallest absolute Gasteiger partial charge is 0.306 e. The van der Waals surface area contributed by atoms with Gasteiger partial charge < -0.3 is 9.47 Å². The molecule has 1 aromatic carbocycles. The maximum Gasteiger partial charge on any atom is 0.306 e. The van der Waals surface area contributed by atoms with Crippen LogP contribution < -0.4 is 0 Å². The molecule has 0 saturated carbocycles. The van der Waals surface area contributed by atoms with Gasteiger partial charge in [0.25, 0.3) is 0 Å². The minimum Gasteiger partial charge on any atom is -0.469 e. The Labute approximate surface area is 89.0 Å². The minimum atomic E-state index is -0.181. The Bertz CT molecular complexity index is 330. The van der Waals surface area contributed by atoms with Crippen molar-refractivity contribution in [2.45, 2.75) is 18.4 Å². The van der Waals surface area contributed by atoms with Crippen LogP contribution in [0.1, 0.15) is 17.9 Å². The number of rotatable bonds is 4. The molecule has 0 amide bonds. The number of benzene rings is 1. The standard InChI is InChI=1S/C12H14O3/c1-14-12(13)7-10(11-8-15-11)9-5-3-2-4-6-9/h2-6,10-11H,7-8H2,1H3/t10-,11+/m0/s1. The first-order valence-electron chi connectivity index (χ1n) is 5.04. The highest BCUT2D eigenvalue weighted by atomic mass is 16.6. The lowest BCUT2D eigenvalue weighted by molar-refractivity contribution is -0.141. The highest BCUT2D eigenvalue weighted by molar-refractivity contribution is 5.70. The molecule has 3 nitrogen and oxygen atoms in total. The molecule has 0 aromatic heterocycles. The number of methoxy groups -OCH3 is 1. The first-order chi connectivity index (χ1) is 7.31. The molecule has 1 saturated heterocycles. The van der Waals surface area contributed by atoms with Crippen molar-refractivity contribution in [2.24, 2.45) is 0 Å². The topological polar surface area (TPSA) is 38.8 Å². The molecule has 1 heterocycles. The van der Waals surface area contributed by atoms with E-state index in [2.05, 4.69) is 4.74 Å². The van der Waals surface area contributed by atoms with E-state index in [1.54, 1.807) is 0 Å². The summed E-state index contributed by atoms with van der Waals surface area (Å²) in [5, 5.41) is 0. The van der Waals surface area contributed by atoms with Gasteiger partial charge in [-0.1, -0.05) is 30.3 Å². The molecule has 0 radical (unpaired) electrons. The number of esters is 1. The number of ether oxygens (including phenoxy) is 2. The Kier molecular flexibility index (Phi) is 3.02. The molecular weight excluding hydrogens is 192 g/mol. The van der Waals surface area contributed by atoms with E-state index in [9.17, 15) is 4.79 Å². The third-order valence-electron chi connectivity index (χ3n) is 2.65. The van der Waals surface area contributed by atoms with E-state index in [4.69, 9.17) is 4.74 Å². The lowest BCUT2D eigenvalue weighted by atomic mass is 9.93. The first kappa shape index (κ1) is 10.2. The average molecular weight is 206 g/mol. The number of hydrogen-bond donors (Lipinski definition) is 0. The summed E-state index contributed by atoms with van der Waals surface area (Å²) in [5.74, 6) is -0.0435. The van der Waals surface area contributed by atoms with Crippen molar-refractivity contribution in [3.05, 3.63) is 35.9 Å². The highest BCUT2D eigenvalue weighted by Gasteiger charge is 2.35. The van der Waals surface area contributed by atoms with Gasteiger partial charge in [0.05, 0.1) is 26.2 Å². The van der Waals surface area contributed by atoms with E-state index in [0.717, 1.165) is 12.2 Å². The van der Waals surface area contributed by atoms with Crippen molar-refractivity contribution in [1.29, 1.82) is 0 Å². The van der Waals surface area contributed by atoms with Gasteiger partial charge in [-0.05, 0) is 5.56 Å². The molecule has 0 aliphatic carbocycles. The quantitative estimate of drug-likeness (QED) is 0.556.